The second-order valence-corrected chi connectivity index (χ2v) is 6.77. The van der Waals surface area contributed by atoms with E-state index in [4.69, 9.17) is 5.73 Å². The van der Waals surface area contributed by atoms with E-state index in [1.165, 1.54) is 0 Å². The highest BCUT2D eigenvalue weighted by Crippen LogP contribution is 2.30. The van der Waals surface area contributed by atoms with E-state index >= 15 is 0 Å². The minimum atomic E-state index is -0.271. The molecule has 0 spiro atoms. The van der Waals surface area contributed by atoms with E-state index in [-0.39, 0.29) is 36.4 Å². The van der Waals surface area contributed by atoms with Gasteiger partial charge in [-0.15, -0.1) is 0 Å². The number of H-pyrrole nitrogens is 1. The minimum absolute atomic E-state index is 0.0823. The smallest absolute Gasteiger partial charge is 0.251 e. The third-order valence-electron chi connectivity index (χ3n) is 4.52. The van der Waals surface area contributed by atoms with Gasteiger partial charge in [0, 0.05) is 24.1 Å². The summed E-state index contributed by atoms with van der Waals surface area (Å²) in [6.45, 7) is 4.33. The van der Waals surface area contributed by atoms with Crippen LogP contribution in [0.4, 0.5) is 0 Å². The van der Waals surface area contributed by atoms with Crippen LogP contribution >= 0.6 is 0 Å². The molecule has 0 aliphatic carbocycles. The number of hydrogen-bond donors (Lipinski definition) is 3. The van der Waals surface area contributed by atoms with Gasteiger partial charge in [0.1, 0.15) is 5.82 Å². The van der Waals surface area contributed by atoms with Gasteiger partial charge in [0.25, 0.3) is 5.91 Å². The summed E-state index contributed by atoms with van der Waals surface area (Å²) in [5, 5.41) is 10.2. The molecule has 1 saturated heterocycles. The molecule has 1 aliphatic heterocycles. The number of rotatable bonds is 5. The fourth-order valence-corrected chi connectivity index (χ4v) is 3.15. The predicted octanol–water partition coefficient (Wildman–Crippen LogP) is 0.959. The first-order valence-corrected chi connectivity index (χ1v) is 8.77. The van der Waals surface area contributed by atoms with E-state index in [2.05, 4.69) is 20.5 Å². The van der Waals surface area contributed by atoms with Crippen LogP contribution in [0.2, 0.25) is 0 Å². The van der Waals surface area contributed by atoms with Gasteiger partial charge in [-0.25, -0.2) is 4.98 Å². The largest absolute Gasteiger partial charge is 0.347 e. The van der Waals surface area contributed by atoms with Crippen molar-refractivity contribution in [2.45, 2.75) is 38.3 Å². The van der Waals surface area contributed by atoms with Crippen LogP contribution in [0, 0.1) is 0 Å². The van der Waals surface area contributed by atoms with Gasteiger partial charge in [-0.2, -0.15) is 5.10 Å². The maximum atomic E-state index is 12.4. The van der Waals surface area contributed by atoms with Crippen molar-refractivity contribution in [3.63, 3.8) is 0 Å². The van der Waals surface area contributed by atoms with Crippen LogP contribution in [0.1, 0.15) is 54.2 Å². The zero-order valence-electron chi connectivity index (χ0n) is 15.0. The molecule has 2 aromatic rings. The molecule has 2 heterocycles. The molecule has 0 radical (unpaired) electrons. The fraction of sp³-hybridized carbons (Fsp3) is 0.444. The molecule has 3 rings (SSSR count). The van der Waals surface area contributed by atoms with Gasteiger partial charge in [0.2, 0.25) is 5.91 Å². The van der Waals surface area contributed by atoms with E-state index in [0.29, 0.717) is 30.2 Å². The number of hydrogen-bond acceptors (Lipinski definition) is 5. The van der Waals surface area contributed by atoms with Crippen LogP contribution < -0.4 is 11.1 Å². The van der Waals surface area contributed by atoms with Gasteiger partial charge in [-0.3, -0.25) is 14.7 Å². The molecule has 0 unspecified atom stereocenters. The first kappa shape index (κ1) is 18.1. The molecule has 0 bridgehead atoms. The summed E-state index contributed by atoms with van der Waals surface area (Å²) in [5.41, 5.74) is 6.15. The number of aromatic nitrogens is 3. The third-order valence-corrected chi connectivity index (χ3v) is 4.52. The molecule has 1 aromatic heterocycles. The quantitative estimate of drug-likeness (QED) is 0.738. The highest BCUT2D eigenvalue weighted by atomic mass is 16.2. The standard InChI is InChI=1S/C18H24N6O2/c1-11(2)16-21-17(23-22-16)14-8-13(10-24(14)15(25)9-19)20-18(26)12-6-4-3-5-7-12/h3-7,11,13-14H,8-10,19H2,1-2H3,(H,20,26)(H,21,22,23)/t13-,14+/m1/s1. The Morgan fingerprint density at radius 3 is 2.69 bits per heavy atom. The summed E-state index contributed by atoms with van der Waals surface area (Å²) in [4.78, 5) is 30.9. The molecule has 2 amide bonds. The number of carbonyl (C=O) groups is 2. The van der Waals surface area contributed by atoms with E-state index in [0.717, 1.165) is 0 Å². The Bertz CT molecular complexity index is 773. The van der Waals surface area contributed by atoms with E-state index in [1.807, 2.05) is 32.0 Å². The lowest BCUT2D eigenvalue weighted by Gasteiger charge is -2.21. The SMILES string of the molecule is CC(C)c1n[nH]c([C@@H]2C[C@@H](NC(=O)c3ccccc3)CN2C(=O)CN)n1. The zero-order valence-corrected chi connectivity index (χ0v) is 15.0. The third kappa shape index (κ3) is 3.75. The molecular weight excluding hydrogens is 332 g/mol. The number of nitrogens with zero attached hydrogens (tertiary/aromatic N) is 3. The molecule has 1 fully saturated rings. The van der Waals surface area contributed by atoms with Crippen molar-refractivity contribution < 1.29 is 9.59 Å². The molecule has 138 valence electrons. The van der Waals surface area contributed by atoms with Crippen molar-refractivity contribution in [3.8, 4) is 0 Å². The van der Waals surface area contributed by atoms with Gasteiger partial charge >= 0.3 is 0 Å². The van der Waals surface area contributed by atoms with Gasteiger partial charge in [-0.1, -0.05) is 32.0 Å². The molecule has 1 aromatic carbocycles. The summed E-state index contributed by atoms with van der Waals surface area (Å²) in [6, 6.07) is 8.58. The highest BCUT2D eigenvalue weighted by Gasteiger charge is 2.38. The molecule has 1 aliphatic rings. The van der Waals surface area contributed by atoms with Crippen LogP contribution in [0.5, 0.6) is 0 Å². The molecule has 8 heteroatoms. The van der Waals surface area contributed by atoms with E-state index in [1.54, 1.807) is 17.0 Å². The minimum Gasteiger partial charge on any atom is -0.347 e. The Labute approximate surface area is 152 Å². The second-order valence-electron chi connectivity index (χ2n) is 6.77. The lowest BCUT2D eigenvalue weighted by atomic mass is 10.1. The monoisotopic (exact) mass is 356 g/mol. The normalized spacial score (nSPS) is 19.8. The van der Waals surface area contributed by atoms with Crippen LogP contribution in [-0.4, -0.2) is 51.0 Å². The summed E-state index contributed by atoms with van der Waals surface area (Å²) in [6.07, 6.45) is 0.567. The molecule has 0 saturated carbocycles. The summed E-state index contributed by atoms with van der Waals surface area (Å²) in [7, 11) is 0. The van der Waals surface area contributed by atoms with Crippen LogP contribution in [-0.2, 0) is 4.79 Å². The Kier molecular flexibility index (Phi) is 5.32. The number of nitrogens with two attached hydrogens (primary N) is 1. The average Bonchev–Trinajstić information content (AvgIpc) is 3.28. The van der Waals surface area contributed by atoms with Crippen molar-refractivity contribution in [1.29, 1.82) is 0 Å². The molecular formula is C18H24N6O2. The Hall–Kier alpha value is -2.74. The first-order chi connectivity index (χ1) is 12.5. The van der Waals surface area contributed by atoms with Crippen molar-refractivity contribution in [1.82, 2.24) is 25.4 Å². The summed E-state index contributed by atoms with van der Waals surface area (Å²) >= 11 is 0. The van der Waals surface area contributed by atoms with Crippen molar-refractivity contribution >= 4 is 11.8 Å². The number of likely N-dealkylation sites (tertiary alicyclic amines) is 1. The lowest BCUT2D eigenvalue weighted by molar-refractivity contribution is -0.130. The van der Waals surface area contributed by atoms with Crippen molar-refractivity contribution in [2.24, 2.45) is 5.73 Å². The number of amides is 2. The Morgan fingerprint density at radius 2 is 2.08 bits per heavy atom. The van der Waals surface area contributed by atoms with Crippen LogP contribution in [0.25, 0.3) is 0 Å². The van der Waals surface area contributed by atoms with Crippen molar-refractivity contribution in [2.75, 3.05) is 13.1 Å². The second kappa shape index (κ2) is 7.65. The molecule has 26 heavy (non-hydrogen) atoms. The van der Waals surface area contributed by atoms with E-state index in [9.17, 15) is 9.59 Å². The maximum absolute atomic E-state index is 12.4. The first-order valence-electron chi connectivity index (χ1n) is 8.77. The van der Waals surface area contributed by atoms with E-state index < -0.39 is 0 Å². The van der Waals surface area contributed by atoms with Crippen LogP contribution in [0.3, 0.4) is 0 Å². The summed E-state index contributed by atoms with van der Waals surface area (Å²) in [5.74, 6) is 1.20. The fourth-order valence-electron chi connectivity index (χ4n) is 3.15. The molecule has 2 atom stereocenters. The number of benzene rings is 1. The predicted molar refractivity (Wildman–Crippen MR) is 96.3 cm³/mol. The Morgan fingerprint density at radius 1 is 1.35 bits per heavy atom. The number of aromatic amines is 1. The van der Waals surface area contributed by atoms with Crippen molar-refractivity contribution in [3.05, 3.63) is 47.5 Å². The van der Waals surface area contributed by atoms with Crippen LogP contribution in [0.15, 0.2) is 30.3 Å². The Balaban J connectivity index is 1.76. The molecule has 8 nitrogen and oxygen atoms in total. The zero-order chi connectivity index (χ0) is 18.7. The summed E-state index contributed by atoms with van der Waals surface area (Å²) < 4.78 is 0. The topological polar surface area (TPSA) is 117 Å². The lowest BCUT2D eigenvalue weighted by Crippen LogP contribution is -2.40. The van der Waals surface area contributed by atoms with Gasteiger partial charge in [0.05, 0.1) is 12.6 Å². The average molecular weight is 356 g/mol. The maximum Gasteiger partial charge on any atom is 0.251 e. The van der Waals surface area contributed by atoms with Gasteiger partial charge < -0.3 is 16.0 Å². The number of carbonyl (C=O) groups excluding carboxylic acids is 2. The van der Waals surface area contributed by atoms with Gasteiger partial charge in [-0.05, 0) is 18.6 Å². The van der Waals surface area contributed by atoms with Gasteiger partial charge in [0.15, 0.2) is 5.82 Å². The highest BCUT2D eigenvalue weighted by molar-refractivity contribution is 5.94. The molecule has 4 N–H and O–H groups in total. The number of nitrogens with one attached hydrogen (secondary N) is 2.